The molecule has 0 aliphatic rings. The quantitative estimate of drug-likeness (QED) is 0.690. The van der Waals surface area contributed by atoms with Gasteiger partial charge in [-0.25, -0.2) is 9.78 Å². The zero-order chi connectivity index (χ0) is 10.8. The number of carbonyl (C=O) groups is 1. The molecule has 78 valence electrons. The average molecular weight is 205 g/mol. The molecule has 5 nitrogen and oxygen atoms in total. The monoisotopic (exact) mass is 205 g/mol. The Bertz CT molecular complexity index is 504. The van der Waals surface area contributed by atoms with Gasteiger partial charge in [0.1, 0.15) is 5.52 Å². The number of aryl methyl sites for hydroxylation is 1. The second kappa shape index (κ2) is 3.68. The fourth-order valence-electron chi connectivity index (χ4n) is 1.41. The van der Waals surface area contributed by atoms with E-state index in [0.29, 0.717) is 12.1 Å². The van der Waals surface area contributed by atoms with Gasteiger partial charge in [-0.2, -0.15) is 5.10 Å². The maximum atomic E-state index is 11.5. The third-order valence-corrected chi connectivity index (χ3v) is 2.01. The van der Waals surface area contributed by atoms with Gasteiger partial charge in [-0.05, 0) is 13.0 Å². The summed E-state index contributed by atoms with van der Waals surface area (Å²) in [6.45, 7) is 2.10. The van der Waals surface area contributed by atoms with Gasteiger partial charge in [0.05, 0.1) is 6.61 Å². The minimum atomic E-state index is -0.429. The molecule has 0 N–H and O–H groups in total. The number of fused-ring (bicyclic) bond motifs is 1. The standard InChI is InChI=1S/C10H11N3O2/c1-3-15-10(14)9-8-7(4-5-11-9)6-13(2)12-8/h4-6H,3H2,1-2H3. The first kappa shape index (κ1) is 9.64. The number of rotatable bonds is 2. The molecule has 0 amide bonds. The molecule has 2 rings (SSSR count). The molecule has 0 bridgehead atoms. The van der Waals surface area contributed by atoms with Crippen LogP contribution in [0.25, 0.3) is 10.9 Å². The summed E-state index contributed by atoms with van der Waals surface area (Å²) >= 11 is 0. The lowest BCUT2D eigenvalue weighted by Crippen LogP contribution is -2.07. The largest absolute Gasteiger partial charge is 0.461 e. The van der Waals surface area contributed by atoms with Crippen molar-refractivity contribution in [2.24, 2.45) is 7.05 Å². The van der Waals surface area contributed by atoms with Crippen LogP contribution in [0, 0.1) is 0 Å². The number of aromatic nitrogens is 3. The fraction of sp³-hybridized carbons (Fsp3) is 0.300. The van der Waals surface area contributed by atoms with E-state index in [9.17, 15) is 4.79 Å². The molecule has 5 heteroatoms. The Labute approximate surface area is 86.7 Å². The van der Waals surface area contributed by atoms with Gasteiger partial charge in [0, 0.05) is 24.8 Å². The molecule has 0 aliphatic heterocycles. The van der Waals surface area contributed by atoms with Crippen LogP contribution in [0.1, 0.15) is 17.4 Å². The van der Waals surface area contributed by atoms with Gasteiger partial charge < -0.3 is 4.74 Å². The predicted molar refractivity (Wildman–Crippen MR) is 54.5 cm³/mol. The molecule has 2 aromatic rings. The van der Waals surface area contributed by atoms with Crippen LogP contribution in [0.2, 0.25) is 0 Å². The first-order chi connectivity index (χ1) is 7.22. The molecule has 2 aromatic heterocycles. The highest BCUT2D eigenvalue weighted by molar-refractivity contribution is 6.00. The van der Waals surface area contributed by atoms with Crippen molar-refractivity contribution < 1.29 is 9.53 Å². The molecular formula is C10H11N3O2. The molecule has 0 aromatic carbocycles. The van der Waals surface area contributed by atoms with E-state index < -0.39 is 5.97 Å². The van der Waals surface area contributed by atoms with Crippen molar-refractivity contribution in [3.63, 3.8) is 0 Å². The van der Waals surface area contributed by atoms with Crippen molar-refractivity contribution >= 4 is 16.9 Å². The highest BCUT2D eigenvalue weighted by atomic mass is 16.5. The Morgan fingerprint density at radius 3 is 3.13 bits per heavy atom. The Morgan fingerprint density at radius 1 is 1.60 bits per heavy atom. The summed E-state index contributed by atoms with van der Waals surface area (Å²) in [5, 5.41) is 5.05. The molecule has 15 heavy (non-hydrogen) atoms. The van der Waals surface area contributed by atoms with Gasteiger partial charge in [0.15, 0.2) is 5.69 Å². The van der Waals surface area contributed by atoms with Crippen molar-refractivity contribution in [2.45, 2.75) is 6.92 Å². The Balaban J connectivity index is 2.55. The molecule has 0 unspecified atom stereocenters. The van der Waals surface area contributed by atoms with E-state index in [-0.39, 0.29) is 5.69 Å². The van der Waals surface area contributed by atoms with E-state index in [0.717, 1.165) is 5.39 Å². The summed E-state index contributed by atoms with van der Waals surface area (Å²) < 4.78 is 6.54. The Hall–Kier alpha value is -1.91. The van der Waals surface area contributed by atoms with Gasteiger partial charge in [-0.1, -0.05) is 0 Å². The van der Waals surface area contributed by atoms with Crippen molar-refractivity contribution in [3.8, 4) is 0 Å². The third-order valence-electron chi connectivity index (χ3n) is 2.01. The van der Waals surface area contributed by atoms with Crippen LogP contribution in [-0.4, -0.2) is 27.3 Å². The van der Waals surface area contributed by atoms with Crippen molar-refractivity contribution in [1.82, 2.24) is 14.8 Å². The van der Waals surface area contributed by atoms with E-state index in [1.54, 1.807) is 24.9 Å². The molecule has 2 heterocycles. The van der Waals surface area contributed by atoms with Crippen LogP contribution in [0.5, 0.6) is 0 Å². The van der Waals surface area contributed by atoms with E-state index >= 15 is 0 Å². The molecule has 0 aliphatic carbocycles. The van der Waals surface area contributed by atoms with Crippen LogP contribution in [-0.2, 0) is 11.8 Å². The first-order valence-electron chi connectivity index (χ1n) is 4.68. The molecular weight excluding hydrogens is 194 g/mol. The normalized spacial score (nSPS) is 10.5. The molecule has 0 atom stereocenters. The molecule has 0 saturated heterocycles. The molecule has 0 spiro atoms. The van der Waals surface area contributed by atoms with Gasteiger partial charge in [-0.15, -0.1) is 0 Å². The minimum Gasteiger partial charge on any atom is -0.461 e. The lowest BCUT2D eigenvalue weighted by molar-refractivity contribution is 0.0522. The summed E-state index contributed by atoms with van der Waals surface area (Å²) in [6.07, 6.45) is 3.41. The van der Waals surface area contributed by atoms with E-state index in [2.05, 4.69) is 10.1 Å². The molecule has 0 radical (unpaired) electrons. The van der Waals surface area contributed by atoms with Gasteiger partial charge in [-0.3, -0.25) is 4.68 Å². The second-order valence-electron chi connectivity index (χ2n) is 3.12. The Kier molecular flexibility index (Phi) is 2.37. The van der Waals surface area contributed by atoms with E-state index in [1.807, 2.05) is 12.3 Å². The first-order valence-corrected chi connectivity index (χ1v) is 4.68. The summed E-state index contributed by atoms with van der Waals surface area (Å²) in [5.74, 6) is -0.429. The second-order valence-corrected chi connectivity index (χ2v) is 3.12. The lowest BCUT2D eigenvalue weighted by atomic mass is 10.2. The highest BCUT2D eigenvalue weighted by Crippen LogP contribution is 2.14. The Morgan fingerprint density at radius 2 is 2.40 bits per heavy atom. The fourth-order valence-corrected chi connectivity index (χ4v) is 1.41. The van der Waals surface area contributed by atoms with Gasteiger partial charge >= 0.3 is 5.97 Å². The SMILES string of the molecule is CCOC(=O)c1nccc2cn(C)nc12. The topological polar surface area (TPSA) is 57.0 Å². The maximum absolute atomic E-state index is 11.5. The lowest BCUT2D eigenvalue weighted by Gasteiger charge is -2.00. The zero-order valence-corrected chi connectivity index (χ0v) is 8.60. The van der Waals surface area contributed by atoms with Crippen molar-refractivity contribution in [3.05, 3.63) is 24.2 Å². The van der Waals surface area contributed by atoms with Crippen LogP contribution in [0.15, 0.2) is 18.5 Å². The molecule has 0 saturated carbocycles. The number of esters is 1. The van der Waals surface area contributed by atoms with E-state index in [1.165, 1.54) is 0 Å². The zero-order valence-electron chi connectivity index (χ0n) is 8.60. The van der Waals surface area contributed by atoms with Gasteiger partial charge in [0.2, 0.25) is 0 Å². The van der Waals surface area contributed by atoms with Crippen LogP contribution in [0.3, 0.4) is 0 Å². The highest BCUT2D eigenvalue weighted by Gasteiger charge is 2.14. The number of hydrogen-bond donors (Lipinski definition) is 0. The van der Waals surface area contributed by atoms with Crippen molar-refractivity contribution in [1.29, 1.82) is 0 Å². The van der Waals surface area contributed by atoms with Gasteiger partial charge in [0.25, 0.3) is 0 Å². The summed E-state index contributed by atoms with van der Waals surface area (Å²) in [6, 6.07) is 1.81. The minimum absolute atomic E-state index is 0.273. The summed E-state index contributed by atoms with van der Waals surface area (Å²) in [7, 11) is 1.80. The van der Waals surface area contributed by atoms with Crippen molar-refractivity contribution in [2.75, 3.05) is 6.61 Å². The molecule has 0 fully saturated rings. The smallest absolute Gasteiger partial charge is 0.359 e. The maximum Gasteiger partial charge on any atom is 0.359 e. The number of pyridine rings is 1. The van der Waals surface area contributed by atoms with Crippen LogP contribution >= 0.6 is 0 Å². The van der Waals surface area contributed by atoms with E-state index in [4.69, 9.17) is 4.74 Å². The number of ether oxygens (including phenoxy) is 1. The van der Waals surface area contributed by atoms with Crippen LogP contribution < -0.4 is 0 Å². The summed E-state index contributed by atoms with van der Waals surface area (Å²) in [5.41, 5.74) is 0.855. The third kappa shape index (κ3) is 1.68. The number of hydrogen-bond acceptors (Lipinski definition) is 4. The average Bonchev–Trinajstić information content (AvgIpc) is 2.57. The number of carbonyl (C=O) groups excluding carboxylic acids is 1. The summed E-state index contributed by atoms with van der Waals surface area (Å²) in [4.78, 5) is 15.5. The number of nitrogens with zero attached hydrogens (tertiary/aromatic N) is 3. The van der Waals surface area contributed by atoms with Crippen LogP contribution in [0.4, 0.5) is 0 Å². The predicted octanol–water partition coefficient (Wildman–Crippen LogP) is 1.14.